The Bertz CT molecular complexity index is 169. The molecule has 0 aliphatic heterocycles. The van der Waals surface area contributed by atoms with Gasteiger partial charge in [-0.15, -0.1) is 0 Å². The highest BCUT2D eigenvalue weighted by molar-refractivity contribution is 9.08. The molecule has 0 fully saturated rings. The standard InChI is InChI=1S/C6H7BrO/c1-5-2-6(3-7)8-4-5/h2,4H,3H2,1H3. The highest BCUT2D eigenvalue weighted by Gasteiger charge is 1.92. The summed E-state index contributed by atoms with van der Waals surface area (Å²) in [4.78, 5) is 0. The van der Waals surface area contributed by atoms with Gasteiger partial charge in [0, 0.05) is 0 Å². The second kappa shape index (κ2) is 2.35. The first-order valence-corrected chi connectivity index (χ1v) is 3.55. The van der Waals surface area contributed by atoms with E-state index in [9.17, 15) is 0 Å². The number of rotatable bonds is 1. The summed E-state index contributed by atoms with van der Waals surface area (Å²) in [7, 11) is 0. The van der Waals surface area contributed by atoms with Gasteiger partial charge in [0.15, 0.2) is 0 Å². The second-order valence-electron chi connectivity index (χ2n) is 1.72. The van der Waals surface area contributed by atoms with Gasteiger partial charge in [0.25, 0.3) is 0 Å². The Labute approximate surface area is 56.8 Å². The van der Waals surface area contributed by atoms with E-state index in [-0.39, 0.29) is 0 Å². The number of hydrogen-bond acceptors (Lipinski definition) is 1. The molecule has 0 aliphatic carbocycles. The van der Waals surface area contributed by atoms with Crippen LogP contribution in [0.25, 0.3) is 0 Å². The maximum atomic E-state index is 5.07. The highest BCUT2D eigenvalue weighted by Crippen LogP contribution is 2.08. The van der Waals surface area contributed by atoms with Crippen molar-refractivity contribution in [2.75, 3.05) is 0 Å². The summed E-state index contributed by atoms with van der Waals surface area (Å²) in [6.07, 6.45) is 1.75. The fourth-order valence-corrected chi connectivity index (χ4v) is 0.855. The lowest BCUT2D eigenvalue weighted by Gasteiger charge is -1.78. The van der Waals surface area contributed by atoms with Crippen LogP contribution in [-0.2, 0) is 5.33 Å². The van der Waals surface area contributed by atoms with Gasteiger partial charge in [-0.25, -0.2) is 0 Å². The zero-order valence-corrected chi connectivity index (χ0v) is 6.23. The third-order valence-corrected chi connectivity index (χ3v) is 1.47. The molecule has 0 aromatic carbocycles. The molecule has 0 saturated heterocycles. The maximum absolute atomic E-state index is 5.07. The predicted molar refractivity (Wildman–Crippen MR) is 36.1 cm³/mol. The average Bonchev–Trinajstić information content (AvgIpc) is 2.14. The van der Waals surface area contributed by atoms with Gasteiger partial charge < -0.3 is 4.42 Å². The highest BCUT2D eigenvalue weighted by atomic mass is 79.9. The van der Waals surface area contributed by atoms with Crippen LogP contribution in [0.4, 0.5) is 0 Å². The van der Waals surface area contributed by atoms with Crippen molar-refractivity contribution in [3.05, 3.63) is 23.7 Å². The quantitative estimate of drug-likeness (QED) is 0.597. The van der Waals surface area contributed by atoms with Crippen LogP contribution in [0.2, 0.25) is 0 Å². The van der Waals surface area contributed by atoms with Crippen molar-refractivity contribution in [1.82, 2.24) is 0 Å². The summed E-state index contributed by atoms with van der Waals surface area (Å²) in [5.41, 5.74) is 1.18. The minimum atomic E-state index is 0.806. The molecule has 1 nitrogen and oxygen atoms in total. The molecule has 0 atom stereocenters. The summed E-state index contributed by atoms with van der Waals surface area (Å²) in [6.45, 7) is 2.01. The Hall–Kier alpha value is -0.240. The summed E-state index contributed by atoms with van der Waals surface area (Å²) in [6, 6.07) is 2.01. The average molecular weight is 175 g/mol. The molecule has 0 radical (unpaired) electrons. The van der Waals surface area contributed by atoms with E-state index in [4.69, 9.17) is 4.42 Å². The van der Waals surface area contributed by atoms with Crippen LogP contribution in [0.1, 0.15) is 11.3 Å². The van der Waals surface area contributed by atoms with Crippen molar-refractivity contribution in [2.45, 2.75) is 12.3 Å². The first-order chi connectivity index (χ1) is 3.83. The predicted octanol–water partition coefficient (Wildman–Crippen LogP) is 2.48. The number of halogens is 1. The zero-order chi connectivity index (χ0) is 5.98. The van der Waals surface area contributed by atoms with Gasteiger partial charge in [0.05, 0.1) is 11.6 Å². The van der Waals surface area contributed by atoms with Crippen molar-refractivity contribution < 1.29 is 4.42 Å². The SMILES string of the molecule is Cc1coc(CBr)c1. The number of aryl methyl sites for hydroxylation is 1. The van der Waals surface area contributed by atoms with Crippen LogP contribution < -0.4 is 0 Å². The van der Waals surface area contributed by atoms with Crippen LogP contribution in [-0.4, -0.2) is 0 Å². The third kappa shape index (κ3) is 1.13. The molecule has 0 aliphatic rings. The number of furan rings is 1. The molecule has 0 bridgehead atoms. The molecular weight excluding hydrogens is 168 g/mol. The summed E-state index contributed by atoms with van der Waals surface area (Å²) in [5.74, 6) is 0.988. The van der Waals surface area contributed by atoms with Gasteiger partial charge in [0.1, 0.15) is 5.76 Å². The molecule has 0 spiro atoms. The fourth-order valence-electron chi connectivity index (χ4n) is 0.561. The smallest absolute Gasteiger partial charge is 0.114 e. The van der Waals surface area contributed by atoms with Crippen molar-refractivity contribution in [2.24, 2.45) is 0 Å². The Kier molecular flexibility index (Phi) is 1.73. The fraction of sp³-hybridized carbons (Fsp3) is 0.333. The Morgan fingerprint density at radius 2 is 2.50 bits per heavy atom. The van der Waals surface area contributed by atoms with E-state index in [0.717, 1.165) is 11.1 Å². The molecule has 1 heterocycles. The molecule has 1 rings (SSSR count). The van der Waals surface area contributed by atoms with Crippen LogP contribution in [0.5, 0.6) is 0 Å². The maximum Gasteiger partial charge on any atom is 0.114 e. The number of hydrogen-bond donors (Lipinski definition) is 0. The van der Waals surface area contributed by atoms with Crippen molar-refractivity contribution in [3.63, 3.8) is 0 Å². The van der Waals surface area contributed by atoms with Gasteiger partial charge in [0.2, 0.25) is 0 Å². The van der Waals surface area contributed by atoms with E-state index in [2.05, 4.69) is 15.9 Å². The van der Waals surface area contributed by atoms with E-state index in [1.165, 1.54) is 5.56 Å². The minimum absolute atomic E-state index is 0.806. The van der Waals surface area contributed by atoms with Crippen LogP contribution in [0, 0.1) is 6.92 Å². The van der Waals surface area contributed by atoms with Gasteiger partial charge in [-0.3, -0.25) is 0 Å². The second-order valence-corrected chi connectivity index (χ2v) is 2.28. The minimum Gasteiger partial charge on any atom is -0.468 e. The molecule has 0 N–H and O–H groups in total. The molecule has 1 aromatic rings. The molecule has 0 amide bonds. The summed E-state index contributed by atoms with van der Waals surface area (Å²) < 4.78 is 5.07. The van der Waals surface area contributed by atoms with Gasteiger partial charge in [-0.05, 0) is 18.6 Å². The first-order valence-electron chi connectivity index (χ1n) is 2.43. The van der Waals surface area contributed by atoms with Crippen LogP contribution in [0.15, 0.2) is 16.7 Å². The Balaban J connectivity index is 2.84. The topological polar surface area (TPSA) is 13.1 Å². The molecular formula is C6H7BrO. The van der Waals surface area contributed by atoms with Gasteiger partial charge >= 0.3 is 0 Å². The molecule has 2 heteroatoms. The lowest BCUT2D eigenvalue weighted by Crippen LogP contribution is -1.63. The largest absolute Gasteiger partial charge is 0.468 e. The Morgan fingerprint density at radius 1 is 1.75 bits per heavy atom. The molecule has 44 valence electrons. The van der Waals surface area contributed by atoms with Crippen molar-refractivity contribution in [1.29, 1.82) is 0 Å². The van der Waals surface area contributed by atoms with E-state index >= 15 is 0 Å². The first kappa shape index (κ1) is 5.89. The van der Waals surface area contributed by atoms with Crippen LogP contribution >= 0.6 is 15.9 Å². The summed E-state index contributed by atoms with van der Waals surface area (Å²) >= 11 is 3.28. The van der Waals surface area contributed by atoms with Crippen LogP contribution in [0.3, 0.4) is 0 Å². The monoisotopic (exact) mass is 174 g/mol. The van der Waals surface area contributed by atoms with Crippen molar-refractivity contribution in [3.8, 4) is 0 Å². The van der Waals surface area contributed by atoms with E-state index in [1.54, 1.807) is 6.26 Å². The van der Waals surface area contributed by atoms with E-state index in [0.29, 0.717) is 0 Å². The molecule has 0 saturated carbocycles. The van der Waals surface area contributed by atoms with E-state index in [1.807, 2.05) is 13.0 Å². The number of alkyl halides is 1. The normalized spacial score (nSPS) is 9.75. The zero-order valence-electron chi connectivity index (χ0n) is 4.65. The molecule has 0 unspecified atom stereocenters. The van der Waals surface area contributed by atoms with Gasteiger partial charge in [-0.2, -0.15) is 0 Å². The summed E-state index contributed by atoms with van der Waals surface area (Å²) in [5, 5.41) is 0.806. The molecule has 1 aromatic heterocycles. The van der Waals surface area contributed by atoms with Gasteiger partial charge in [-0.1, -0.05) is 15.9 Å². The Morgan fingerprint density at radius 3 is 2.75 bits per heavy atom. The molecule has 8 heavy (non-hydrogen) atoms. The van der Waals surface area contributed by atoms with E-state index < -0.39 is 0 Å². The van der Waals surface area contributed by atoms with Crippen molar-refractivity contribution >= 4 is 15.9 Å². The lowest BCUT2D eigenvalue weighted by atomic mass is 10.4. The lowest BCUT2D eigenvalue weighted by molar-refractivity contribution is 0.530. The third-order valence-electron chi connectivity index (χ3n) is 0.917.